The Hall–Kier alpha value is -2.71. The predicted molar refractivity (Wildman–Crippen MR) is 103 cm³/mol. The van der Waals surface area contributed by atoms with Gasteiger partial charge in [0.15, 0.2) is 0 Å². The lowest BCUT2D eigenvalue weighted by molar-refractivity contribution is -0.120. The van der Waals surface area contributed by atoms with Crippen LogP contribution in [0.4, 0.5) is 0 Å². The summed E-state index contributed by atoms with van der Waals surface area (Å²) in [6, 6.07) is 13.3. The molecule has 0 aromatic heterocycles. The minimum Gasteiger partial charge on any atom is -0.350 e. The summed E-state index contributed by atoms with van der Waals surface area (Å²) in [6.07, 6.45) is 0. The average molecular weight is 389 g/mol. The number of rotatable bonds is 7. The highest BCUT2D eigenvalue weighted by atomic mass is 32.2. The van der Waals surface area contributed by atoms with Crippen LogP contribution in [-0.2, 0) is 21.4 Å². The number of sulfonamides is 1. The van der Waals surface area contributed by atoms with E-state index in [0.717, 1.165) is 15.4 Å². The Balaban J connectivity index is 1.88. The van der Waals surface area contributed by atoms with E-state index in [9.17, 15) is 18.0 Å². The maximum atomic E-state index is 12.1. The van der Waals surface area contributed by atoms with E-state index in [-0.39, 0.29) is 22.9 Å². The molecule has 8 heteroatoms. The Morgan fingerprint density at radius 2 is 1.59 bits per heavy atom. The largest absolute Gasteiger partial charge is 0.350 e. The van der Waals surface area contributed by atoms with Crippen molar-refractivity contribution >= 4 is 21.8 Å². The van der Waals surface area contributed by atoms with E-state index < -0.39 is 15.9 Å². The number of nitrogens with zero attached hydrogens (tertiary/aromatic N) is 1. The topological polar surface area (TPSA) is 95.6 Å². The number of benzene rings is 2. The molecule has 0 heterocycles. The Kier molecular flexibility index (Phi) is 6.70. The van der Waals surface area contributed by atoms with Crippen LogP contribution in [0.5, 0.6) is 0 Å². The molecule has 2 aromatic carbocycles. The van der Waals surface area contributed by atoms with Crippen molar-refractivity contribution in [2.24, 2.45) is 0 Å². The highest BCUT2D eigenvalue weighted by Crippen LogP contribution is 2.14. The first-order chi connectivity index (χ1) is 12.7. The van der Waals surface area contributed by atoms with Gasteiger partial charge in [-0.3, -0.25) is 9.59 Å². The van der Waals surface area contributed by atoms with Crippen LogP contribution in [0.25, 0.3) is 0 Å². The number of carbonyl (C=O) groups is 2. The second-order valence-corrected chi connectivity index (χ2v) is 8.35. The van der Waals surface area contributed by atoms with Crippen molar-refractivity contribution in [2.45, 2.75) is 18.4 Å². The van der Waals surface area contributed by atoms with Crippen molar-refractivity contribution in [2.75, 3.05) is 20.6 Å². The third kappa shape index (κ3) is 5.38. The molecule has 0 aliphatic rings. The van der Waals surface area contributed by atoms with Crippen LogP contribution >= 0.6 is 0 Å². The number of nitrogens with one attached hydrogen (secondary N) is 2. The molecule has 2 N–H and O–H groups in total. The van der Waals surface area contributed by atoms with Gasteiger partial charge in [0.05, 0.1) is 11.4 Å². The zero-order valence-corrected chi connectivity index (χ0v) is 16.3. The van der Waals surface area contributed by atoms with Gasteiger partial charge in [-0.25, -0.2) is 12.7 Å². The molecule has 0 aliphatic heterocycles. The first-order valence-corrected chi connectivity index (χ1v) is 9.78. The maximum absolute atomic E-state index is 12.1. The lowest BCUT2D eigenvalue weighted by Crippen LogP contribution is -2.36. The molecule has 0 saturated carbocycles. The third-order valence-corrected chi connectivity index (χ3v) is 5.87. The fourth-order valence-corrected chi connectivity index (χ4v) is 3.22. The molecule has 0 saturated heterocycles. The van der Waals surface area contributed by atoms with E-state index in [1.54, 1.807) is 0 Å². The summed E-state index contributed by atoms with van der Waals surface area (Å²) in [7, 11) is -0.673. The summed E-state index contributed by atoms with van der Waals surface area (Å²) in [4.78, 5) is 24.1. The lowest BCUT2D eigenvalue weighted by atomic mass is 10.1. The first-order valence-electron chi connectivity index (χ1n) is 8.34. The third-order valence-electron chi connectivity index (χ3n) is 4.04. The molecule has 0 atom stereocenters. The summed E-state index contributed by atoms with van der Waals surface area (Å²) in [6.45, 7) is 2.18. The van der Waals surface area contributed by atoms with E-state index in [1.807, 2.05) is 31.2 Å². The highest BCUT2D eigenvalue weighted by molar-refractivity contribution is 7.89. The van der Waals surface area contributed by atoms with E-state index >= 15 is 0 Å². The van der Waals surface area contributed by atoms with Gasteiger partial charge in [0.25, 0.3) is 5.91 Å². The van der Waals surface area contributed by atoms with Crippen molar-refractivity contribution in [3.63, 3.8) is 0 Å². The van der Waals surface area contributed by atoms with Gasteiger partial charge >= 0.3 is 0 Å². The Labute approximate surface area is 159 Å². The summed E-state index contributed by atoms with van der Waals surface area (Å²) < 4.78 is 25.1. The summed E-state index contributed by atoms with van der Waals surface area (Å²) >= 11 is 0. The monoisotopic (exact) mass is 389 g/mol. The first kappa shape index (κ1) is 20.6. The van der Waals surface area contributed by atoms with Crippen LogP contribution < -0.4 is 10.6 Å². The smallest absolute Gasteiger partial charge is 0.251 e. The molecule has 2 rings (SSSR count). The van der Waals surface area contributed by atoms with Crippen LogP contribution in [-0.4, -0.2) is 45.2 Å². The lowest BCUT2D eigenvalue weighted by Gasteiger charge is -2.12. The van der Waals surface area contributed by atoms with Gasteiger partial charge in [0.1, 0.15) is 0 Å². The number of amides is 2. The standard InChI is InChI=1S/C19H23N3O4S/c1-14-6-4-5-7-16(14)12-20-18(23)13-21-19(24)15-8-10-17(11-9-15)27(25,26)22(2)3/h4-11H,12-13H2,1-3H3,(H,20,23)(H,21,24). The van der Waals surface area contributed by atoms with Crippen molar-refractivity contribution in [3.05, 3.63) is 65.2 Å². The van der Waals surface area contributed by atoms with Crippen molar-refractivity contribution in [3.8, 4) is 0 Å². The zero-order chi connectivity index (χ0) is 20.0. The molecule has 7 nitrogen and oxygen atoms in total. The number of aryl methyl sites for hydroxylation is 1. The molecule has 2 aromatic rings. The minimum absolute atomic E-state index is 0.0972. The van der Waals surface area contributed by atoms with Crippen molar-refractivity contribution in [1.82, 2.24) is 14.9 Å². The zero-order valence-electron chi connectivity index (χ0n) is 15.5. The molecule has 27 heavy (non-hydrogen) atoms. The quantitative estimate of drug-likeness (QED) is 0.746. The van der Waals surface area contributed by atoms with Gasteiger partial charge in [-0.2, -0.15) is 0 Å². The molecule has 0 aliphatic carbocycles. The number of hydrogen-bond acceptors (Lipinski definition) is 4. The maximum Gasteiger partial charge on any atom is 0.251 e. The van der Waals surface area contributed by atoms with Crippen molar-refractivity contribution < 1.29 is 18.0 Å². The van der Waals surface area contributed by atoms with Gasteiger partial charge in [-0.15, -0.1) is 0 Å². The van der Waals surface area contributed by atoms with Gasteiger partial charge in [-0.1, -0.05) is 24.3 Å². The molecule has 0 unspecified atom stereocenters. The van der Waals surface area contributed by atoms with Crippen molar-refractivity contribution in [1.29, 1.82) is 0 Å². The van der Waals surface area contributed by atoms with E-state index in [2.05, 4.69) is 10.6 Å². The van der Waals surface area contributed by atoms with E-state index in [0.29, 0.717) is 6.54 Å². The van der Waals surface area contributed by atoms with Crippen LogP contribution in [0.3, 0.4) is 0 Å². The molecule has 144 valence electrons. The molecular weight excluding hydrogens is 366 g/mol. The van der Waals surface area contributed by atoms with Crippen LogP contribution in [0.15, 0.2) is 53.4 Å². The fraction of sp³-hybridized carbons (Fsp3) is 0.263. The fourth-order valence-electron chi connectivity index (χ4n) is 2.32. The van der Waals surface area contributed by atoms with Crippen LogP contribution in [0.2, 0.25) is 0 Å². The normalized spacial score (nSPS) is 11.3. The number of carbonyl (C=O) groups excluding carboxylic acids is 2. The second kappa shape index (κ2) is 8.79. The van der Waals surface area contributed by atoms with Gasteiger partial charge in [-0.05, 0) is 42.3 Å². The van der Waals surface area contributed by atoms with Gasteiger partial charge < -0.3 is 10.6 Å². The SMILES string of the molecule is Cc1ccccc1CNC(=O)CNC(=O)c1ccc(S(=O)(=O)N(C)C)cc1. The minimum atomic E-state index is -3.54. The molecule has 0 spiro atoms. The predicted octanol–water partition coefficient (Wildman–Crippen LogP) is 1.29. The molecule has 0 bridgehead atoms. The highest BCUT2D eigenvalue weighted by Gasteiger charge is 2.17. The Morgan fingerprint density at radius 3 is 2.19 bits per heavy atom. The van der Waals surface area contributed by atoms with Gasteiger partial charge in [0, 0.05) is 26.2 Å². The molecule has 0 fully saturated rings. The Bertz CT molecular complexity index is 922. The van der Waals surface area contributed by atoms with Crippen LogP contribution in [0, 0.1) is 6.92 Å². The summed E-state index contributed by atoms with van der Waals surface area (Å²) in [5.74, 6) is -0.756. The van der Waals surface area contributed by atoms with E-state index in [4.69, 9.17) is 0 Å². The molecule has 0 radical (unpaired) electrons. The van der Waals surface area contributed by atoms with Gasteiger partial charge in [0.2, 0.25) is 15.9 Å². The molecular formula is C19H23N3O4S. The Morgan fingerprint density at radius 1 is 0.963 bits per heavy atom. The van der Waals surface area contributed by atoms with Crippen LogP contribution in [0.1, 0.15) is 21.5 Å². The summed E-state index contributed by atoms with van der Waals surface area (Å²) in [5.41, 5.74) is 2.36. The average Bonchev–Trinajstić information content (AvgIpc) is 2.65. The second-order valence-electron chi connectivity index (χ2n) is 6.20. The summed E-state index contributed by atoms with van der Waals surface area (Å²) in [5, 5.41) is 5.27. The molecule has 2 amide bonds. The number of hydrogen-bond donors (Lipinski definition) is 2. The van der Waals surface area contributed by atoms with E-state index in [1.165, 1.54) is 38.4 Å².